The van der Waals surface area contributed by atoms with E-state index in [2.05, 4.69) is 41.3 Å². The van der Waals surface area contributed by atoms with E-state index >= 15 is 0 Å². The van der Waals surface area contributed by atoms with Gasteiger partial charge in [0.05, 0.1) is 6.20 Å². The molecule has 2 aliphatic rings. The first-order valence-corrected chi connectivity index (χ1v) is 9.47. The van der Waals surface area contributed by atoms with Gasteiger partial charge in [-0.05, 0) is 31.2 Å². The number of rotatable bonds is 3. The molecule has 0 radical (unpaired) electrons. The molecule has 1 fully saturated rings. The van der Waals surface area contributed by atoms with Crippen molar-refractivity contribution in [3.05, 3.63) is 29.6 Å². The Hall–Kier alpha value is -1.65. The molecule has 0 amide bonds. The fourth-order valence-electron chi connectivity index (χ4n) is 4.14. The zero-order valence-corrected chi connectivity index (χ0v) is 18.6. The SMILES string of the molecule is CN=C(NCC1CCc2nnc(C)n2C1)N1CCC(c2cnn(C)c2)C1.I. The van der Waals surface area contributed by atoms with Crippen molar-refractivity contribution < 1.29 is 0 Å². The topological polar surface area (TPSA) is 76.2 Å². The number of likely N-dealkylation sites (tertiary alicyclic amines) is 1. The van der Waals surface area contributed by atoms with Gasteiger partial charge in [0.2, 0.25) is 0 Å². The summed E-state index contributed by atoms with van der Waals surface area (Å²) in [5.41, 5.74) is 1.33. The van der Waals surface area contributed by atoms with Crippen LogP contribution in [-0.4, -0.2) is 62.1 Å². The van der Waals surface area contributed by atoms with Crippen LogP contribution in [0.15, 0.2) is 17.4 Å². The predicted octanol–water partition coefficient (Wildman–Crippen LogP) is 1.57. The number of aliphatic imine (C=N–C) groups is 1. The Balaban J connectivity index is 0.00000210. The van der Waals surface area contributed by atoms with Gasteiger partial charge in [0.25, 0.3) is 0 Å². The van der Waals surface area contributed by atoms with E-state index < -0.39 is 0 Å². The summed E-state index contributed by atoms with van der Waals surface area (Å²) in [5.74, 6) is 4.29. The number of halogens is 1. The first-order chi connectivity index (χ1) is 12.6. The summed E-state index contributed by atoms with van der Waals surface area (Å²) in [4.78, 5) is 6.89. The van der Waals surface area contributed by atoms with Crippen molar-refractivity contribution in [1.29, 1.82) is 0 Å². The first-order valence-electron chi connectivity index (χ1n) is 9.47. The fraction of sp³-hybridized carbons (Fsp3) is 0.667. The lowest BCUT2D eigenvalue weighted by Crippen LogP contribution is -2.43. The second kappa shape index (κ2) is 8.57. The summed E-state index contributed by atoms with van der Waals surface area (Å²) in [6, 6.07) is 0. The van der Waals surface area contributed by atoms with Gasteiger partial charge < -0.3 is 14.8 Å². The molecule has 0 aliphatic carbocycles. The molecular formula is C18H29IN8. The van der Waals surface area contributed by atoms with Crippen molar-refractivity contribution in [3.8, 4) is 0 Å². The smallest absolute Gasteiger partial charge is 0.193 e. The number of aryl methyl sites for hydroxylation is 3. The third kappa shape index (κ3) is 4.27. The lowest BCUT2D eigenvalue weighted by molar-refractivity contribution is 0.353. The Morgan fingerprint density at radius 3 is 2.89 bits per heavy atom. The Bertz CT molecular complexity index is 795. The molecule has 0 aromatic carbocycles. The highest BCUT2D eigenvalue weighted by molar-refractivity contribution is 14.0. The number of hydrogen-bond donors (Lipinski definition) is 1. The molecule has 2 unspecified atom stereocenters. The summed E-state index contributed by atoms with van der Waals surface area (Å²) in [6.45, 7) is 6.02. The molecule has 2 aromatic heterocycles. The molecule has 0 bridgehead atoms. The average Bonchev–Trinajstić information content (AvgIpc) is 3.37. The van der Waals surface area contributed by atoms with E-state index in [4.69, 9.17) is 0 Å². The number of fused-ring (bicyclic) bond motifs is 1. The zero-order chi connectivity index (χ0) is 18.1. The Labute approximate surface area is 177 Å². The quantitative estimate of drug-likeness (QED) is 0.407. The number of hydrogen-bond acceptors (Lipinski definition) is 4. The van der Waals surface area contributed by atoms with E-state index in [9.17, 15) is 0 Å². The third-order valence-corrected chi connectivity index (χ3v) is 5.67. The minimum absolute atomic E-state index is 0. The molecule has 2 aromatic rings. The number of aromatic nitrogens is 5. The second-order valence-electron chi connectivity index (χ2n) is 7.49. The normalized spacial score (nSPS) is 22.5. The minimum atomic E-state index is 0. The Morgan fingerprint density at radius 2 is 2.15 bits per heavy atom. The molecule has 1 saturated heterocycles. The molecule has 148 valence electrons. The van der Waals surface area contributed by atoms with Gasteiger partial charge in [-0.15, -0.1) is 34.2 Å². The third-order valence-electron chi connectivity index (χ3n) is 5.67. The second-order valence-corrected chi connectivity index (χ2v) is 7.49. The van der Waals surface area contributed by atoms with Crippen LogP contribution in [-0.2, 0) is 20.0 Å². The summed E-state index contributed by atoms with van der Waals surface area (Å²) < 4.78 is 4.14. The molecule has 1 N–H and O–H groups in total. The zero-order valence-electron chi connectivity index (χ0n) is 16.3. The van der Waals surface area contributed by atoms with Crippen LogP contribution in [0.3, 0.4) is 0 Å². The molecule has 27 heavy (non-hydrogen) atoms. The Morgan fingerprint density at radius 1 is 1.30 bits per heavy atom. The summed E-state index contributed by atoms with van der Waals surface area (Å²) >= 11 is 0. The van der Waals surface area contributed by atoms with Gasteiger partial charge in [0.1, 0.15) is 11.6 Å². The largest absolute Gasteiger partial charge is 0.356 e. The van der Waals surface area contributed by atoms with Crippen LogP contribution < -0.4 is 5.32 Å². The van der Waals surface area contributed by atoms with Crippen LogP contribution in [0, 0.1) is 12.8 Å². The number of nitrogens with one attached hydrogen (secondary N) is 1. The van der Waals surface area contributed by atoms with E-state index in [0.29, 0.717) is 11.8 Å². The lowest BCUT2D eigenvalue weighted by Gasteiger charge is -2.27. The van der Waals surface area contributed by atoms with E-state index in [-0.39, 0.29) is 24.0 Å². The predicted molar refractivity (Wildman–Crippen MR) is 115 cm³/mol. The molecule has 8 nitrogen and oxygen atoms in total. The summed E-state index contributed by atoms with van der Waals surface area (Å²) in [5, 5.41) is 16.4. The molecule has 9 heteroatoms. The van der Waals surface area contributed by atoms with Gasteiger partial charge in [-0.2, -0.15) is 5.10 Å². The number of guanidine groups is 1. The molecule has 0 saturated carbocycles. The average molecular weight is 484 g/mol. The van der Waals surface area contributed by atoms with Gasteiger partial charge in [0, 0.05) is 58.8 Å². The van der Waals surface area contributed by atoms with Gasteiger partial charge in [-0.1, -0.05) is 0 Å². The van der Waals surface area contributed by atoms with Crippen LogP contribution >= 0.6 is 24.0 Å². The van der Waals surface area contributed by atoms with Crippen LogP contribution in [0.2, 0.25) is 0 Å². The number of nitrogens with zero attached hydrogens (tertiary/aromatic N) is 7. The maximum atomic E-state index is 4.52. The maximum absolute atomic E-state index is 4.52. The lowest BCUT2D eigenvalue weighted by atomic mass is 9.99. The van der Waals surface area contributed by atoms with Crippen LogP contribution in [0.4, 0.5) is 0 Å². The van der Waals surface area contributed by atoms with Crippen LogP contribution in [0.25, 0.3) is 0 Å². The van der Waals surface area contributed by atoms with Gasteiger partial charge in [-0.25, -0.2) is 0 Å². The fourth-order valence-corrected chi connectivity index (χ4v) is 4.14. The van der Waals surface area contributed by atoms with E-state index in [1.165, 1.54) is 5.56 Å². The monoisotopic (exact) mass is 484 g/mol. The first kappa shape index (κ1) is 20.1. The minimum Gasteiger partial charge on any atom is -0.356 e. The molecule has 4 heterocycles. The van der Waals surface area contributed by atoms with Gasteiger partial charge in [-0.3, -0.25) is 9.67 Å². The van der Waals surface area contributed by atoms with Crippen molar-refractivity contribution in [2.24, 2.45) is 18.0 Å². The van der Waals surface area contributed by atoms with Crippen LogP contribution in [0.1, 0.15) is 36.0 Å². The van der Waals surface area contributed by atoms with E-state index in [0.717, 1.165) is 63.0 Å². The highest BCUT2D eigenvalue weighted by Gasteiger charge is 2.28. The molecular weight excluding hydrogens is 455 g/mol. The maximum Gasteiger partial charge on any atom is 0.193 e. The van der Waals surface area contributed by atoms with E-state index in [1.807, 2.05) is 31.9 Å². The van der Waals surface area contributed by atoms with Crippen molar-refractivity contribution >= 4 is 29.9 Å². The molecule has 4 rings (SSSR count). The standard InChI is InChI=1S/C18H28N8.HI/c1-13-22-23-17-5-4-14(10-26(13)17)8-20-18(19-2)25-7-6-15(12-25)16-9-21-24(3)11-16;/h9,11,14-15H,4-8,10,12H2,1-3H3,(H,19,20);1H. The molecule has 0 spiro atoms. The van der Waals surface area contributed by atoms with Crippen LogP contribution in [0.5, 0.6) is 0 Å². The summed E-state index contributed by atoms with van der Waals surface area (Å²) in [7, 11) is 3.85. The van der Waals surface area contributed by atoms with Crippen molar-refractivity contribution in [2.45, 2.75) is 38.6 Å². The van der Waals surface area contributed by atoms with E-state index in [1.54, 1.807) is 0 Å². The highest BCUT2D eigenvalue weighted by Crippen LogP contribution is 2.27. The van der Waals surface area contributed by atoms with Crippen molar-refractivity contribution in [2.75, 3.05) is 26.7 Å². The summed E-state index contributed by atoms with van der Waals surface area (Å²) in [6.07, 6.45) is 7.44. The van der Waals surface area contributed by atoms with Gasteiger partial charge in [0.15, 0.2) is 5.96 Å². The molecule has 2 atom stereocenters. The molecule has 2 aliphatic heterocycles. The van der Waals surface area contributed by atoms with Crippen molar-refractivity contribution in [3.63, 3.8) is 0 Å². The highest BCUT2D eigenvalue weighted by atomic mass is 127. The Kier molecular flexibility index (Phi) is 6.38. The van der Waals surface area contributed by atoms with Crippen molar-refractivity contribution in [1.82, 2.24) is 34.8 Å². The van der Waals surface area contributed by atoms with Gasteiger partial charge >= 0.3 is 0 Å².